The Kier molecular flexibility index (Phi) is 8.10. The molecule has 1 aromatic rings. The van der Waals surface area contributed by atoms with Crippen LogP contribution in [-0.2, 0) is 11.3 Å². The maximum atomic E-state index is 5.71. The molecule has 1 aromatic heterocycles. The summed E-state index contributed by atoms with van der Waals surface area (Å²) < 4.78 is 11.2. The van der Waals surface area contributed by atoms with Crippen LogP contribution >= 0.6 is 0 Å². The van der Waals surface area contributed by atoms with E-state index in [1.165, 1.54) is 12.8 Å². The largest absolute Gasteiger partial charge is 0.444 e. The maximum absolute atomic E-state index is 5.71. The Morgan fingerprint density at radius 1 is 1.30 bits per heavy atom. The quantitative estimate of drug-likeness (QED) is 0.534. The van der Waals surface area contributed by atoms with Crippen LogP contribution in [0.2, 0.25) is 0 Å². The molecule has 2 N–H and O–H groups in total. The number of methoxy groups -OCH3 is 1. The number of likely N-dealkylation sites (tertiary alicyclic amines) is 1. The van der Waals surface area contributed by atoms with E-state index in [1.54, 1.807) is 7.11 Å². The molecule has 0 spiro atoms. The minimum Gasteiger partial charge on any atom is -0.444 e. The van der Waals surface area contributed by atoms with Crippen molar-refractivity contribution in [2.24, 2.45) is 10.9 Å². The number of rotatable bonds is 8. The van der Waals surface area contributed by atoms with Crippen LogP contribution < -0.4 is 10.6 Å². The van der Waals surface area contributed by atoms with Crippen molar-refractivity contribution in [2.75, 3.05) is 39.8 Å². The zero-order valence-electron chi connectivity index (χ0n) is 17.9. The van der Waals surface area contributed by atoms with Crippen LogP contribution in [0.3, 0.4) is 0 Å². The summed E-state index contributed by atoms with van der Waals surface area (Å²) in [6, 6.07) is 0. The lowest BCUT2D eigenvalue weighted by Gasteiger charge is -2.31. The van der Waals surface area contributed by atoms with Gasteiger partial charge in [-0.3, -0.25) is 9.89 Å². The summed E-state index contributed by atoms with van der Waals surface area (Å²) in [5.74, 6) is 3.30. The summed E-state index contributed by atoms with van der Waals surface area (Å²) >= 11 is 0. The number of aryl methyl sites for hydroxylation is 2. The van der Waals surface area contributed by atoms with Gasteiger partial charge in [-0.1, -0.05) is 0 Å². The van der Waals surface area contributed by atoms with Crippen LogP contribution in [0.1, 0.15) is 51.0 Å². The van der Waals surface area contributed by atoms with E-state index in [0.29, 0.717) is 12.5 Å². The summed E-state index contributed by atoms with van der Waals surface area (Å²) in [7, 11) is 1.73. The fourth-order valence-corrected chi connectivity index (χ4v) is 3.06. The van der Waals surface area contributed by atoms with Crippen molar-refractivity contribution in [1.82, 2.24) is 20.5 Å². The van der Waals surface area contributed by atoms with Crippen molar-refractivity contribution in [3.8, 4) is 0 Å². The lowest BCUT2D eigenvalue weighted by Crippen LogP contribution is -2.43. The van der Waals surface area contributed by atoms with Gasteiger partial charge in [0.1, 0.15) is 5.76 Å². The second kappa shape index (κ2) is 10.1. The predicted molar refractivity (Wildman–Crippen MR) is 109 cm³/mol. The Bertz CT molecular complexity index is 584. The molecule has 1 fully saturated rings. The zero-order chi connectivity index (χ0) is 19.9. The average molecular weight is 380 g/mol. The van der Waals surface area contributed by atoms with E-state index in [1.807, 2.05) is 27.7 Å². The first kappa shape index (κ1) is 21.7. The van der Waals surface area contributed by atoms with Crippen molar-refractivity contribution in [3.63, 3.8) is 0 Å². The summed E-state index contributed by atoms with van der Waals surface area (Å²) in [6.45, 7) is 15.6. The summed E-state index contributed by atoms with van der Waals surface area (Å²) in [4.78, 5) is 11.6. The molecule has 7 nitrogen and oxygen atoms in total. The third-order valence-electron chi connectivity index (χ3n) is 5.21. The SMILES string of the molecule is CCNC(=NCC(C)(C)OC)NCC1CCN(Cc2nc(C)c(C)o2)CC1. The van der Waals surface area contributed by atoms with Gasteiger partial charge in [0.25, 0.3) is 0 Å². The molecule has 0 bridgehead atoms. The van der Waals surface area contributed by atoms with Gasteiger partial charge in [0.05, 0.1) is 24.4 Å². The van der Waals surface area contributed by atoms with Gasteiger partial charge in [-0.15, -0.1) is 0 Å². The van der Waals surface area contributed by atoms with Gasteiger partial charge < -0.3 is 19.8 Å². The summed E-state index contributed by atoms with van der Waals surface area (Å²) in [5, 5.41) is 6.82. The van der Waals surface area contributed by atoms with Gasteiger partial charge in [-0.05, 0) is 66.5 Å². The minimum absolute atomic E-state index is 0.246. The van der Waals surface area contributed by atoms with E-state index in [2.05, 4.69) is 32.4 Å². The van der Waals surface area contributed by atoms with E-state index in [-0.39, 0.29) is 5.60 Å². The second-order valence-corrected chi connectivity index (χ2v) is 8.01. The molecule has 1 aliphatic heterocycles. The molecule has 0 aliphatic carbocycles. The highest BCUT2D eigenvalue weighted by Gasteiger charge is 2.21. The zero-order valence-corrected chi connectivity index (χ0v) is 17.9. The second-order valence-electron chi connectivity index (χ2n) is 8.01. The molecule has 154 valence electrons. The predicted octanol–water partition coefficient (Wildman–Crippen LogP) is 2.48. The molecule has 0 radical (unpaired) electrons. The van der Waals surface area contributed by atoms with E-state index < -0.39 is 0 Å². The fourth-order valence-electron chi connectivity index (χ4n) is 3.06. The normalized spacial score (nSPS) is 17.3. The van der Waals surface area contributed by atoms with Crippen molar-refractivity contribution >= 4 is 5.96 Å². The lowest BCUT2D eigenvalue weighted by molar-refractivity contribution is 0.0310. The van der Waals surface area contributed by atoms with Crippen LogP contribution in [0.25, 0.3) is 0 Å². The molecule has 0 saturated carbocycles. The first-order valence-corrected chi connectivity index (χ1v) is 10.1. The topological polar surface area (TPSA) is 74.9 Å². The molecule has 0 amide bonds. The minimum atomic E-state index is -0.246. The Balaban J connectivity index is 1.75. The number of ether oxygens (including phenoxy) is 1. The first-order chi connectivity index (χ1) is 12.8. The molecule has 7 heteroatoms. The van der Waals surface area contributed by atoms with Gasteiger partial charge in [0.15, 0.2) is 5.96 Å². The number of aliphatic imine (C=N–C) groups is 1. The van der Waals surface area contributed by atoms with Crippen LogP contribution in [0.15, 0.2) is 9.41 Å². The maximum Gasteiger partial charge on any atom is 0.208 e. The van der Waals surface area contributed by atoms with E-state index >= 15 is 0 Å². The smallest absolute Gasteiger partial charge is 0.208 e. The van der Waals surface area contributed by atoms with Gasteiger partial charge >= 0.3 is 0 Å². The molecule has 1 aliphatic rings. The first-order valence-electron chi connectivity index (χ1n) is 10.1. The highest BCUT2D eigenvalue weighted by molar-refractivity contribution is 5.79. The molecular formula is C20H37N5O2. The Labute approximate surface area is 164 Å². The number of oxazole rings is 1. The summed E-state index contributed by atoms with van der Waals surface area (Å²) in [6.07, 6.45) is 2.35. The third-order valence-corrected chi connectivity index (χ3v) is 5.21. The third kappa shape index (κ3) is 7.14. The van der Waals surface area contributed by atoms with Crippen LogP contribution in [-0.4, -0.2) is 61.3 Å². The fraction of sp³-hybridized carbons (Fsp3) is 0.800. The number of nitrogens with one attached hydrogen (secondary N) is 2. The highest BCUT2D eigenvalue weighted by Crippen LogP contribution is 2.19. The van der Waals surface area contributed by atoms with Crippen molar-refractivity contribution in [1.29, 1.82) is 0 Å². The van der Waals surface area contributed by atoms with Gasteiger partial charge in [0, 0.05) is 20.2 Å². The number of hydrogen-bond donors (Lipinski definition) is 2. The molecule has 0 atom stereocenters. The molecule has 0 aromatic carbocycles. The van der Waals surface area contributed by atoms with Crippen LogP contribution in [0, 0.1) is 19.8 Å². The summed E-state index contributed by atoms with van der Waals surface area (Å²) in [5.41, 5.74) is 0.751. The van der Waals surface area contributed by atoms with Crippen LogP contribution in [0.5, 0.6) is 0 Å². The number of piperidine rings is 1. The van der Waals surface area contributed by atoms with Gasteiger partial charge in [0.2, 0.25) is 5.89 Å². The number of aromatic nitrogens is 1. The van der Waals surface area contributed by atoms with Gasteiger partial charge in [-0.25, -0.2) is 4.98 Å². The molecular weight excluding hydrogens is 342 g/mol. The molecule has 0 unspecified atom stereocenters. The lowest BCUT2D eigenvalue weighted by atomic mass is 9.97. The molecule has 2 heterocycles. The number of nitrogens with zero attached hydrogens (tertiary/aromatic N) is 3. The molecule has 27 heavy (non-hydrogen) atoms. The Morgan fingerprint density at radius 2 is 2.00 bits per heavy atom. The van der Waals surface area contributed by atoms with E-state index in [9.17, 15) is 0 Å². The van der Waals surface area contributed by atoms with Crippen LogP contribution in [0.4, 0.5) is 0 Å². The number of guanidine groups is 1. The average Bonchev–Trinajstić information content (AvgIpc) is 2.96. The van der Waals surface area contributed by atoms with Crippen molar-refractivity contribution in [3.05, 3.63) is 17.3 Å². The van der Waals surface area contributed by atoms with Crippen molar-refractivity contribution in [2.45, 2.75) is 59.6 Å². The Morgan fingerprint density at radius 3 is 2.56 bits per heavy atom. The highest BCUT2D eigenvalue weighted by atomic mass is 16.5. The number of hydrogen-bond acceptors (Lipinski definition) is 5. The molecule has 2 rings (SSSR count). The molecule has 1 saturated heterocycles. The van der Waals surface area contributed by atoms with Gasteiger partial charge in [-0.2, -0.15) is 0 Å². The monoisotopic (exact) mass is 379 g/mol. The van der Waals surface area contributed by atoms with Crippen molar-refractivity contribution < 1.29 is 9.15 Å². The van der Waals surface area contributed by atoms with E-state index in [0.717, 1.165) is 56.0 Å². The Hall–Kier alpha value is -1.60. The standard InChI is InChI=1S/C20H37N5O2/c1-7-21-19(23-14-20(4,5)26-6)22-12-17-8-10-25(11-9-17)13-18-24-15(2)16(3)27-18/h17H,7-14H2,1-6H3,(H2,21,22,23). The van der Waals surface area contributed by atoms with E-state index in [4.69, 9.17) is 9.15 Å².